The average molecular weight is 537 g/mol. The Balaban J connectivity index is 1.25. The molecule has 2 aromatic carbocycles. The minimum absolute atomic E-state index is 0.00934. The Morgan fingerprint density at radius 3 is 2.58 bits per heavy atom. The summed E-state index contributed by atoms with van der Waals surface area (Å²) in [6, 6.07) is 13.8. The van der Waals surface area contributed by atoms with Crippen LogP contribution >= 0.6 is 11.8 Å². The quantitative estimate of drug-likeness (QED) is 0.182. The molecule has 0 spiro atoms. The van der Waals surface area contributed by atoms with Crippen LogP contribution in [-0.4, -0.2) is 39.6 Å². The lowest BCUT2D eigenvalue weighted by Gasteiger charge is -2.29. The molecule has 1 saturated heterocycles. The highest BCUT2D eigenvalue weighted by atomic mass is 32.2. The number of nitro benzene ring substituents is 1. The highest BCUT2D eigenvalue weighted by Crippen LogP contribution is 2.31. The number of nitrogens with zero attached hydrogens (tertiary/aromatic N) is 3. The number of nitrogens with one attached hydrogen (secondary N) is 1. The number of nitro groups is 1. The number of rotatable bonds is 9. The lowest BCUT2D eigenvalue weighted by molar-refractivity contribution is -0.384. The summed E-state index contributed by atoms with van der Waals surface area (Å²) in [5.41, 5.74) is 1.57. The van der Waals surface area contributed by atoms with Crippen molar-refractivity contribution < 1.29 is 14.5 Å². The van der Waals surface area contributed by atoms with Crippen molar-refractivity contribution in [2.75, 3.05) is 13.2 Å². The normalized spacial score (nSPS) is 21.4. The molecule has 1 atom stereocenters. The Labute approximate surface area is 225 Å². The molecule has 1 N–H and O–H groups in total. The first-order chi connectivity index (χ1) is 18.5. The average Bonchev–Trinajstić information content (AvgIpc) is 3.47. The van der Waals surface area contributed by atoms with E-state index in [1.165, 1.54) is 23.9 Å². The number of aromatic nitrogens is 2. The number of thioether (sulfide) groups is 1. The summed E-state index contributed by atoms with van der Waals surface area (Å²) >= 11 is 1.46. The summed E-state index contributed by atoms with van der Waals surface area (Å²) in [5, 5.41) is 15.3. The lowest BCUT2D eigenvalue weighted by Crippen LogP contribution is -2.38. The second-order valence-corrected chi connectivity index (χ2v) is 11.1. The molecule has 2 aliphatic rings. The fourth-order valence-electron chi connectivity index (χ4n) is 5.31. The van der Waals surface area contributed by atoms with Crippen molar-refractivity contribution in [3.63, 3.8) is 0 Å². The molecule has 1 aliphatic heterocycles. The molecule has 1 aromatic heterocycles. The molecule has 3 aromatic rings. The van der Waals surface area contributed by atoms with Crippen molar-refractivity contribution in [3.05, 3.63) is 74.6 Å². The summed E-state index contributed by atoms with van der Waals surface area (Å²) in [7, 11) is 0. The standard InChI is InChI=1S/C28H32N4O5S/c33-26(29-16-23-4-3-15-37-23)21-11-7-19(8-12-21)17-31-27(34)24-5-1-2-6-25(24)30-28(31)38-18-20-9-13-22(14-10-20)32(35)36/h1-2,5-6,9-10,13-14,19,21,23H,3-4,7-8,11-12,15-18H2,(H,29,33). The molecule has 1 unspecified atom stereocenters. The molecule has 2 fully saturated rings. The van der Waals surface area contributed by atoms with E-state index in [0.717, 1.165) is 50.7 Å². The molecule has 1 aliphatic carbocycles. The maximum absolute atomic E-state index is 13.5. The first-order valence-corrected chi connectivity index (χ1v) is 14.2. The van der Waals surface area contributed by atoms with E-state index in [9.17, 15) is 19.7 Å². The highest BCUT2D eigenvalue weighted by molar-refractivity contribution is 7.98. The van der Waals surface area contributed by atoms with E-state index < -0.39 is 4.92 Å². The summed E-state index contributed by atoms with van der Waals surface area (Å²) in [6.07, 6.45) is 5.58. The van der Waals surface area contributed by atoms with Gasteiger partial charge < -0.3 is 10.1 Å². The van der Waals surface area contributed by atoms with Gasteiger partial charge in [0.15, 0.2) is 5.16 Å². The van der Waals surface area contributed by atoms with Crippen LogP contribution in [0.4, 0.5) is 5.69 Å². The Hall–Kier alpha value is -3.24. The molecule has 2 heterocycles. The summed E-state index contributed by atoms with van der Waals surface area (Å²) < 4.78 is 7.39. The Morgan fingerprint density at radius 2 is 1.87 bits per heavy atom. The number of fused-ring (bicyclic) bond motifs is 1. The molecule has 200 valence electrons. The van der Waals surface area contributed by atoms with Crippen molar-refractivity contribution in [3.8, 4) is 0 Å². The van der Waals surface area contributed by atoms with Crippen LogP contribution in [-0.2, 0) is 21.8 Å². The molecule has 5 rings (SSSR count). The van der Waals surface area contributed by atoms with Gasteiger partial charge in [-0.3, -0.25) is 24.3 Å². The third-order valence-electron chi connectivity index (χ3n) is 7.53. The maximum atomic E-state index is 13.5. The van der Waals surface area contributed by atoms with E-state index >= 15 is 0 Å². The minimum atomic E-state index is -0.415. The van der Waals surface area contributed by atoms with Crippen molar-refractivity contribution in [2.24, 2.45) is 11.8 Å². The van der Waals surface area contributed by atoms with Crippen LogP contribution in [0.3, 0.4) is 0 Å². The fourth-order valence-corrected chi connectivity index (χ4v) is 6.27. The lowest BCUT2D eigenvalue weighted by atomic mass is 9.81. The molecular formula is C28H32N4O5S. The third-order valence-corrected chi connectivity index (χ3v) is 8.58. The van der Waals surface area contributed by atoms with Crippen LogP contribution in [0.1, 0.15) is 44.1 Å². The van der Waals surface area contributed by atoms with Crippen LogP contribution in [0.2, 0.25) is 0 Å². The number of hydrogen-bond donors (Lipinski definition) is 1. The molecule has 0 radical (unpaired) electrons. The van der Waals surface area contributed by atoms with Gasteiger partial charge in [-0.25, -0.2) is 4.98 Å². The zero-order valence-electron chi connectivity index (χ0n) is 21.2. The van der Waals surface area contributed by atoms with Gasteiger partial charge in [-0.2, -0.15) is 0 Å². The first-order valence-electron chi connectivity index (χ1n) is 13.2. The van der Waals surface area contributed by atoms with E-state index in [4.69, 9.17) is 9.72 Å². The van der Waals surface area contributed by atoms with E-state index in [-0.39, 0.29) is 35.1 Å². The number of carbonyl (C=O) groups is 1. The number of benzene rings is 2. The molecule has 10 heteroatoms. The number of non-ortho nitro benzene ring substituents is 1. The van der Waals surface area contributed by atoms with Crippen molar-refractivity contribution in [2.45, 2.75) is 62.1 Å². The molecule has 1 amide bonds. The van der Waals surface area contributed by atoms with Gasteiger partial charge in [0.1, 0.15) is 0 Å². The Morgan fingerprint density at radius 1 is 1.11 bits per heavy atom. The van der Waals surface area contributed by atoms with Crippen LogP contribution in [0, 0.1) is 22.0 Å². The highest BCUT2D eigenvalue weighted by Gasteiger charge is 2.28. The number of amides is 1. The fraction of sp³-hybridized carbons (Fsp3) is 0.464. The zero-order valence-corrected chi connectivity index (χ0v) is 22.0. The number of ether oxygens (including phenoxy) is 1. The van der Waals surface area contributed by atoms with Gasteiger partial charge in [0.05, 0.1) is 21.9 Å². The largest absolute Gasteiger partial charge is 0.376 e. The van der Waals surface area contributed by atoms with Crippen LogP contribution in [0.25, 0.3) is 10.9 Å². The van der Waals surface area contributed by atoms with Crippen LogP contribution < -0.4 is 10.9 Å². The summed E-state index contributed by atoms with van der Waals surface area (Å²) in [5.74, 6) is 0.954. The molecule has 1 saturated carbocycles. The van der Waals surface area contributed by atoms with Crippen molar-refractivity contribution in [1.29, 1.82) is 0 Å². The van der Waals surface area contributed by atoms with Gasteiger partial charge in [0, 0.05) is 43.5 Å². The van der Waals surface area contributed by atoms with Crippen molar-refractivity contribution in [1.82, 2.24) is 14.9 Å². The summed E-state index contributed by atoms with van der Waals surface area (Å²) in [6.45, 7) is 1.93. The van der Waals surface area contributed by atoms with Gasteiger partial charge in [0.25, 0.3) is 11.2 Å². The van der Waals surface area contributed by atoms with E-state index in [2.05, 4.69) is 5.32 Å². The number of para-hydroxylation sites is 1. The zero-order chi connectivity index (χ0) is 26.5. The predicted molar refractivity (Wildman–Crippen MR) is 146 cm³/mol. The Bertz CT molecular complexity index is 1350. The van der Waals surface area contributed by atoms with Crippen molar-refractivity contribution >= 4 is 34.3 Å². The topological polar surface area (TPSA) is 116 Å². The monoisotopic (exact) mass is 536 g/mol. The van der Waals surface area contributed by atoms with Crippen LogP contribution in [0.5, 0.6) is 0 Å². The second-order valence-electron chi connectivity index (χ2n) is 10.1. The first kappa shape index (κ1) is 26.4. The molecule has 0 bridgehead atoms. The minimum Gasteiger partial charge on any atom is -0.376 e. The number of carbonyl (C=O) groups excluding carboxylic acids is 1. The van der Waals surface area contributed by atoms with E-state index in [1.54, 1.807) is 22.8 Å². The predicted octanol–water partition coefficient (Wildman–Crippen LogP) is 4.70. The maximum Gasteiger partial charge on any atom is 0.269 e. The van der Waals surface area contributed by atoms with E-state index in [0.29, 0.717) is 34.9 Å². The van der Waals surface area contributed by atoms with Gasteiger partial charge in [-0.15, -0.1) is 0 Å². The number of hydrogen-bond acceptors (Lipinski definition) is 7. The second kappa shape index (κ2) is 12.1. The molecule has 38 heavy (non-hydrogen) atoms. The van der Waals surface area contributed by atoms with Gasteiger partial charge in [-0.1, -0.05) is 36.0 Å². The van der Waals surface area contributed by atoms with E-state index in [1.807, 2.05) is 18.2 Å². The Kier molecular flexibility index (Phi) is 8.38. The summed E-state index contributed by atoms with van der Waals surface area (Å²) in [4.78, 5) is 41.5. The van der Waals surface area contributed by atoms with Gasteiger partial charge in [0.2, 0.25) is 5.91 Å². The third kappa shape index (κ3) is 6.24. The smallest absolute Gasteiger partial charge is 0.269 e. The van der Waals surface area contributed by atoms with Gasteiger partial charge >= 0.3 is 0 Å². The molecule has 9 nitrogen and oxygen atoms in total. The van der Waals surface area contributed by atoms with Crippen LogP contribution in [0.15, 0.2) is 58.5 Å². The SMILES string of the molecule is O=C(NCC1CCCO1)C1CCC(Cn2c(SCc3ccc([N+](=O)[O-])cc3)nc3ccccc3c2=O)CC1. The molecular weight excluding hydrogens is 504 g/mol. The van der Waals surface area contributed by atoms with Gasteiger partial charge in [-0.05, 0) is 62.1 Å².